The van der Waals surface area contributed by atoms with Crippen LogP contribution >= 0.6 is 0 Å². The maximum absolute atomic E-state index is 11.8. The first kappa shape index (κ1) is 15.5. The van der Waals surface area contributed by atoms with Crippen LogP contribution in [0.5, 0.6) is 0 Å². The van der Waals surface area contributed by atoms with Crippen molar-refractivity contribution in [2.24, 2.45) is 0 Å². The molecule has 0 aromatic heterocycles. The largest absolute Gasteiger partial charge is 0.383 e. The molecule has 0 aliphatic heterocycles. The third kappa shape index (κ3) is 5.71. The van der Waals surface area contributed by atoms with Gasteiger partial charge in [-0.3, -0.25) is 9.52 Å². The molecule has 1 rings (SSSR count). The van der Waals surface area contributed by atoms with Gasteiger partial charge in [-0.15, -0.1) is 0 Å². The van der Waals surface area contributed by atoms with Crippen molar-refractivity contribution in [1.82, 2.24) is 5.32 Å². The molecule has 0 saturated carbocycles. The minimum atomic E-state index is -3.30. The second kappa shape index (κ2) is 6.53. The Kier molecular flexibility index (Phi) is 5.31. The molecule has 0 aliphatic rings. The Bertz CT molecular complexity index is 525. The van der Waals surface area contributed by atoms with Gasteiger partial charge in [0.15, 0.2) is 0 Å². The van der Waals surface area contributed by atoms with Crippen LogP contribution in [0.1, 0.15) is 17.3 Å². The predicted octanol–water partition coefficient (Wildman–Crippen LogP) is 0.823. The van der Waals surface area contributed by atoms with Gasteiger partial charge in [0.05, 0.1) is 12.9 Å². The first-order valence-electron chi connectivity index (χ1n) is 5.69. The molecule has 6 nitrogen and oxygen atoms in total. The summed E-state index contributed by atoms with van der Waals surface area (Å²) in [7, 11) is -1.74. The van der Waals surface area contributed by atoms with Gasteiger partial charge in [0.25, 0.3) is 5.91 Å². The number of sulfonamides is 1. The Morgan fingerprint density at radius 1 is 1.32 bits per heavy atom. The molecule has 2 N–H and O–H groups in total. The Hall–Kier alpha value is -1.60. The lowest BCUT2D eigenvalue weighted by Gasteiger charge is -2.13. The lowest BCUT2D eigenvalue weighted by Crippen LogP contribution is -2.35. The topological polar surface area (TPSA) is 84.5 Å². The maximum atomic E-state index is 11.8. The third-order valence-electron chi connectivity index (χ3n) is 2.24. The monoisotopic (exact) mass is 286 g/mol. The highest BCUT2D eigenvalue weighted by atomic mass is 32.2. The van der Waals surface area contributed by atoms with E-state index in [1.165, 1.54) is 12.1 Å². The van der Waals surface area contributed by atoms with Crippen molar-refractivity contribution in [2.45, 2.75) is 13.0 Å². The minimum absolute atomic E-state index is 0.0914. The third-order valence-corrected chi connectivity index (χ3v) is 2.85. The van der Waals surface area contributed by atoms with E-state index < -0.39 is 10.0 Å². The number of carbonyl (C=O) groups excluding carboxylic acids is 1. The number of rotatable bonds is 6. The fourth-order valence-corrected chi connectivity index (χ4v) is 2.07. The van der Waals surface area contributed by atoms with Crippen LogP contribution in [0.25, 0.3) is 0 Å². The van der Waals surface area contributed by atoms with Crippen molar-refractivity contribution in [3.63, 3.8) is 0 Å². The number of benzene rings is 1. The zero-order valence-electron chi connectivity index (χ0n) is 11.1. The molecule has 0 aliphatic carbocycles. The average molecular weight is 286 g/mol. The summed E-state index contributed by atoms with van der Waals surface area (Å²) in [4.78, 5) is 11.8. The number of anilines is 1. The number of carbonyl (C=O) groups is 1. The lowest BCUT2D eigenvalue weighted by molar-refractivity contribution is 0.0905. The molecule has 0 unspecified atom stereocenters. The molecular formula is C12H18N2O4S. The molecule has 1 aromatic carbocycles. The summed E-state index contributed by atoms with van der Waals surface area (Å²) < 4.78 is 29.3. The summed E-state index contributed by atoms with van der Waals surface area (Å²) in [6.45, 7) is 2.26. The van der Waals surface area contributed by atoms with Gasteiger partial charge in [0.2, 0.25) is 10.0 Å². The van der Waals surface area contributed by atoms with Gasteiger partial charge in [0, 0.05) is 24.4 Å². The highest BCUT2D eigenvalue weighted by molar-refractivity contribution is 7.92. The van der Waals surface area contributed by atoms with Gasteiger partial charge < -0.3 is 10.1 Å². The van der Waals surface area contributed by atoms with Crippen molar-refractivity contribution in [3.8, 4) is 0 Å². The van der Waals surface area contributed by atoms with Gasteiger partial charge in [0.1, 0.15) is 0 Å². The molecule has 0 bridgehead atoms. The predicted molar refractivity (Wildman–Crippen MR) is 73.7 cm³/mol. The Morgan fingerprint density at radius 3 is 2.37 bits per heavy atom. The quantitative estimate of drug-likeness (QED) is 0.811. The number of ether oxygens (including phenoxy) is 1. The number of methoxy groups -OCH3 is 1. The lowest BCUT2D eigenvalue weighted by atomic mass is 10.2. The zero-order chi connectivity index (χ0) is 14.5. The van der Waals surface area contributed by atoms with E-state index in [4.69, 9.17) is 4.74 Å². The van der Waals surface area contributed by atoms with E-state index in [0.29, 0.717) is 17.9 Å². The molecule has 0 saturated heterocycles. The van der Waals surface area contributed by atoms with Gasteiger partial charge in [-0.05, 0) is 31.2 Å². The fourth-order valence-electron chi connectivity index (χ4n) is 1.50. The Labute approximate surface area is 113 Å². The van der Waals surface area contributed by atoms with Crippen molar-refractivity contribution >= 4 is 21.6 Å². The van der Waals surface area contributed by atoms with Crippen molar-refractivity contribution < 1.29 is 17.9 Å². The smallest absolute Gasteiger partial charge is 0.251 e. The molecule has 1 aromatic rings. The van der Waals surface area contributed by atoms with Crippen LogP contribution in [0, 0.1) is 0 Å². The van der Waals surface area contributed by atoms with E-state index in [-0.39, 0.29) is 11.9 Å². The first-order chi connectivity index (χ1) is 8.81. The molecule has 19 heavy (non-hydrogen) atoms. The van der Waals surface area contributed by atoms with Gasteiger partial charge in [-0.25, -0.2) is 8.42 Å². The number of hydrogen-bond donors (Lipinski definition) is 2. The van der Waals surface area contributed by atoms with Gasteiger partial charge in [-0.2, -0.15) is 0 Å². The fraction of sp³-hybridized carbons (Fsp3) is 0.417. The summed E-state index contributed by atoms with van der Waals surface area (Å²) in [5, 5.41) is 2.76. The van der Waals surface area contributed by atoms with Crippen LogP contribution < -0.4 is 10.0 Å². The Morgan fingerprint density at radius 2 is 1.89 bits per heavy atom. The first-order valence-corrected chi connectivity index (χ1v) is 7.58. The normalized spacial score (nSPS) is 12.8. The van der Waals surface area contributed by atoms with E-state index in [9.17, 15) is 13.2 Å². The number of hydrogen-bond acceptors (Lipinski definition) is 4. The molecular weight excluding hydrogens is 268 g/mol. The van der Waals surface area contributed by atoms with Crippen LogP contribution in [0.4, 0.5) is 5.69 Å². The molecule has 0 spiro atoms. The van der Waals surface area contributed by atoms with E-state index in [2.05, 4.69) is 10.0 Å². The molecule has 0 radical (unpaired) electrons. The van der Waals surface area contributed by atoms with Crippen LogP contribution in [0.2, 0.25) is 0 Å². The van der Waals surface area contributed by atoms with Crippen molar-refractivity contribution in [1.29, 1.82) is 0 Å². The highest BCUT2D eigenvalue weighted by Crippen LogP contribution is 2.10. The van der Waals surface area contributed by atoms with Crippen LogP contribution in [-0.4, -0.2) is 40.3 Å². The summed E-state index contributed by atoms with van der Waals surface area (Å²) in [5.41, 5.74) is 0.881. The second-order valence-electron chi connectivity index (χ2n) is 4.28. The van der Waals surface area contributed by atoms with E-state index in [0.717, 1.165) is 6.26 Å². The number of nitrogens with one attached hydrogen (secondary N) is 2. The van der Waals surface area contributed by atoms with Crippen LogP contribution in [0.3, 0.4) is 0 Å². The molecule has 106 valence electrons. The minimum Gasteiger partial charge on any atom is -0.383 e. The van der Waals surface area contributed by atoms with Gasteiger partial charge in [-0.1, -0.05) is 0 Å². The summed E-state index contributed by atoms with van der Waals surface area (Å²) >= 11 is 0. The van der Waals surface area contributed by atoms with Crippen molar-refractivity contribution in [3.05, 3.63) is 29.8 Å². The number of amides is 1. The average Bonchev–Trinajstić information content (AvgIpc) is 2.27. The Balaban J connectivity index is 2.68. The second-order valence-corrected chi connectivity index (χ2v) is 6.03. The maximum Gasteiger partial charge on any atom is 0.251 e. The summed E-state index contributed by atoms with van der Waals surface area (Å²) in [6.07, 6.45) is 1.07. The molecule has 0 fully saturated rings. The van der Waals surface area contributed by atoms with E-state index >= 15 is 0 Å². The standard InChI is InChI=1S/C12H18N2O4S/c1-9(8-18-2)13-12(15)10-4-6-11(7-5-10)14-19(3,16)17/h4-7,9,14H,8H2,1-3H3,(H,13,15)/t9-/m1/s1. The SMILES string of the molecule is COC[C@@H](C)NC(=O)c1ccc(NS(C)(=O)=O)cc1. The van der Waals surface area contributed by atoms with E-state index in [1.807, 2.05) is 6.92 Å². The zero-order valence-corrected chi connectivity index (χ0v) is 12.0. The molecule has 1 atom stereocenters. The highest BCUT2D eigenvalue weighted by Gasteiger charge is 2.10. The molecule has 7 heteroatoms. The molecule has 1 amide bonds. The van der Waals surface area contributed by atoms with Crippen LogP contribution in [0.15, 0.2) is 24.3 Å². The van der Waals surface area contributed by atoms with Gasteiger partial charge >= 0.3 is 0 Å². The summed E-state index contributed by atoms with van der Waals surface area (Å²) in [6, 6.07) is 6.10. The molecule has 0 heterocycles. The van der Waals surface area contributed by atoms with E-state index in [1.54, 1.807) is 19.2 Å². The summed E-state index contributed by atoms with van der Waals surface area (Å²) in [5.74, 6) is -0.226. The van der Waals surface area contributed by atoms with Crippen LogP contribution in [-0.2, 0) is 14.8 Å². The van der Waals surface area contributed by atoms with Crippen molar-refractivity contribution in [2.75, 3.05) is 24.7 Å².